The molecule has 2 heterocycles. The van der Waals surface area contributed by atoms with E-state index in [0.29, 0.717) is 28.9 Å². The molecular weight excluding hydrogens is 339 g/mol. The van der Waals surface area contributed by atoms with Crippen LogP contribution in [0.2, 0.25) is 10.0 Å². The van der Waals surface area contributed by atoms with Crippen molar-refractivity contribution in [3.63, 3.8) is 0 Å². The summed E-state index contributed by atoms with van der Waals surface area (Å²) in [5, 5.41) is 11.6. The van der Waals surface area contributed by atoms with Crippen molar-refractivity contribution in [2.24, 2.45) is 0 Å². The Kier molecular flexibility index (Phi) is 4.95. The molecule has 1 aliphatic rings. The molecule has 1 N–H and O–H groups in total. The van der Waals surface area contributed by atoms with Gasteiger partial charge in [-0.2, -0.15) is 0 Å². The van der Waals surface area contributed by atoms with Crippen molar-refractivity contribution in [2.45, 2.75) is 0 Å². The fraction of sp³-hybridized carbons (Fsp3) is 0.267. The van der Waals surface area contributed by atoms with Crippen LogP contribution in [0.15, 0.2) is 30.3 Å². The third-order valence-corrected chi connectivity index (χ3v) is 3.96. The normalized spacial score (nSPS) is 14.6. The van der Waals surface area contributed by atoms with Crippen molar-refractivity contribution < 1.29 is 9.53 Å². The zero-order valence-electron chi connectivity index (χ0n) is 12.1. The number of carbonyl (C=O) groups excluding carboxylic acids is 1. The number of aromatic nitrogens is 2. The van der Waals surface area contributed by atoms with Crippen molar-refractivity contribution in [3.8, 4) is 0 Å². The second-order valence-electron chi connectivity index (χ2n) is 4.95. The second kappa shape index (κ2) is 7.12. The van der Waals surface area contributed by atoms with Crippen LogP contribution in [0.1, 0.15) is 10.5 Å². The van der Waals surface area contributed by atoms with Gasteiger partial charge in [0.05, 0.1) is 23.9 Å². The van der Waals surface area contributed by atoms with Crippen molar-refractivity contribution in [2.75, 3.05) is 36.5 Å². The molecule has 6 nitrogen and oxygen atoms in total. The summed E-state index contributed by atoms with van der Waals surface area (Å²) in [7, 11) is 0. The van der Waals surface area contributed by atoms with Crippen LogP contribution in [0.5, 0.6) is 0 Å². The van der Waals surface area contributed by atoms with Gasteiger partial charge >= 0.3 is 0 Å². The van der Waals surface area contributed by atoms with E-state index in [-0.39, 0.29) is 5.69 Å². The highest BCUT2D eigenvalue weighted by molar-refractivity contribution is 6.35. The molecule has 2 aromatic rings. The highest BCUT2D eigenvalue weighted by atomic mass is 35.5. The van der Waals surface area contributed by atoms with Crippen LogP contribution in [0.3, 0.4) is 0 Å². The van der Waals surface area contributed by atoms with E-state index in [1.807, 2.05) is 0 Å². The quantitative estimate of drug-likeness (QED) is 0.919. The Morgan fingerprint density at radius 1 is 1.13 bits per heavy atom. The van der Waals surface area contributed by atoms with Crippen LogP contribution < -0.4 is 10.2 Å². The van der Waals surface area contributed by atoms with Crippen molar-refractivity contribution in [1.29, 1.82) is 0 Å². The van der Waals surface area contributed by atoms with Gasteiger partial charge in [0.15, 0.2) is 11.5 Å². The molecule has 0 bridgehead atoms. The molecular formula is C15H14Cl2N4O2. The van der Waals surface area contributed by atoms with Gasteiger partial charge in [-0.15, -0.1) is 10.2 Å². The minimum absolute atomic E-state index is 0.207. The minimum atomic E-state index is -0.393. The zero-order chi connectivity index (χ0) is 16.2. The average molecular weight is 353 g/mol. The van der Waals surface area contributed by atoms with Gasteiger partial charge in [0, 0.05) is 18.1 Å². The number of morpholine rings is 1. The molecule has 0 spiro atoms. The maximum Gasteiger partial charge on any atom is 0.276 e. The summed E-state index contributed by atoms with van der Waals surface area (Å²) in [6.07, 6.45) is 0. The van der Waals surface area contributed by atoms with Crippen molar-refractivity contribution in [1.82, 2.24) is 10.2 Å². The standard InChI is InChI=1S/C15H14Cl2N4O2/c16-10-1-2-11(17)13(9-10)18-15(22)12-3-4-14(20-19-12)21-5-7-23-8-6-21/h1-4,9H,5-8H2,(H,18,22). The minimum Gasteiger partial charge on any atom is -0.378 e. The number of hydrogen-bond acceptors (Lipinski definition) is 5. The maximum atomic E-state index is 12.2. The number of carbonyl (C=O) groups is 1. The third-order valence-electron chi connectivity index (χ3n) is 3.39. The van der Waals surface area contributed by atoms with Crippen LogP contribution >= 0.6 is 23.2 Å². The van der Waals surface area contributed by atoms with E-state index >= 15 is 0 Å². The van der Waals surface area contributed by atoms with Gasteiger partial charge in [-0.05, 0) is 30.3 Å². The molecule has 8 heteroatoms. The molecule has 0 radical (unpaired) electrons. The highest BCUT2D eigenvalue weighted by Crippen LogP contribution is 2.25. The first-order valence-corrected chi connectivity index (χ1v) is 7.82. The van der Waals surface area contributed by atoms with E-state index in [1.165, 1.54) is 0 Å². The van der Waals surface area contributed by atoms with Crippen LogP contribution in [0.4, 0.5) is 11.5 Å². The fourth-order valence-electron chi connectivity index (χ4n) is 2.19. The van der Waals surface area contributed by atoms with Gasteiger partial charge in [0.1, 0.15) is 0 Å². The number of nitrogens with zero attached hydrogens (tertiary/aromatic N) is 3. The fourth-order valence-corrected chi connectivity index (χ4v) is 2.52. The molecule has 3 rings (SSSR count). The predicted octanol–water partition coefficient (Wildman–Crippen LogP) is 2.87. The SMILES string of the molecule is O=C(Nc1cc(Cl)ccc1Cl)c1ccc(N2CCOCC2)nn1. The first-order valence-electron chi connectivity index (χ1n) is 7.06. The van der Waals surface area contributed by atoms with Crippen LogP contribution in [0, 0.1) is 0 Å². The molecule has 1 saturated heterocycles. The van der Waals surface area contributed by atoms with E-state index in [9.17, 15) is 4.79 Å². The molecule has 0 atom stereocenters. The second-order valence-corrected chi connectivity index (χ2v) is 5.80. The highest BCUT2D eigenvalue weighted by Gasteiger charge is 2.15. The first kappa shape index (κ1) is 16.0. The number of ether oxygens (including phenoxy) is 1. The Morgan fingerprint density at radius 3 is 2.61 bits per heavy atom. The largest absolute Gasteiger partial charge is 0.378 e. The molecule has 1 aromatic carbocycles. The summed E-state index contributed by atoms with van der Waals surface area (Å²) in [5.41, 5.74) is 0.640. The topological polar surface area (TPSA) is 67.4 Å². The molecule has 0 aliphatic carbocycles. The number of halogens is 2. The molecule has 120 valence electrons. The smallest absolute Gasteiger partial charge is 0.276 e. The number of benzene rings is 1. The number of amides is 1. The Morgan fingerprint density at radius 2 is 1.91 bits per heavy atom. The third kappa shape index (κ3) is 3.90. The summed E-state index contributed by atoms with van der Waals surface area (Å²) in [4.78, 5) is 14.3. The monoisotopic (exact) mass is 352 g/mol. The predicted molar refractivity (Wildman–Crippen MR) is 89.5 cm³/mol. The first-order chi connectivity index (χ1) is 11.1. The van der Waals surface area contributed by atoms with Gasteiger partial charge in [0.2, 0.25) is 0 Å². The number of rotatable bonds is 3. The number of nitrogens with one attached hydrogen (secondary N) is 1. The van der Waals surface area contributed by atoms with Crippen LogP contribution in [-0.2, 0) is 4.74 Å². The van der Waals surface area contributed by atoms with E-state index in [4.69, 9.17) is 27.9 Å². The van der Waals surface area contributed by atoms with Gasteiger partial charge in [-0.3, -0.25) is 4.79 Å². The van der Waals surface area contributed by atoms with Crippen LogP contribution in [-0.4, -0.2) is 42.4 Å². The summed E-state index contributed by atoms with van der Waals surface area (Å²) in [5.74, 6) is 0.334. The molecule has 0 saturated carbocycles. The zero-order valence-corrected chi connectivity index (χ0v) is 13.6. The summed E-state index contributed by atoms with van der Waals surface area (Å²) < 4.78 is 5.29. The number of hydrogen-bond donors (Lipinski definition) is 1. The van der Waals surface area contributed by atoms with Gasteiger partial charge in [-0.1, -0.05) is 23.2 Å². The van der Waals surface area contributed by atoms with E-state index in [1.54, 1.807) is 30.3 Å². The van der Waals surface area contributed by atoms with E-state index in [0.717, 1.165) is 18.9 Å². The summed E-state index contributed by atoms with van der Waals surface area (Å²) in [6.45, 7) is 2.85. The molecule has 1 fully saturated rings. The van der Waals surface area contributed by atoms with Gasteiger partial charge in [0.25, 0.3) is 5.91 Å². The lowest BCUT2D eigenvalue weighted by atomic mass is 10.3. The molecule has 1 aromatic heterocycles. The Hall–Kier alpha value is -1.89. The molecule has 1 amide bonds. The van der Waals surface area contributed by atoms with Crippen molar-refractivity contribution >= 4 is 40.6 Å². The Bertz CT molecular complexity index is 703. The summed E-state index contributed by atoms with van der Waals surface area (Å²) in [6, 6.07) is 8.25. The molecule has 23 heavy (non-hydrogen) atoms. The molecule has 0 unspecified atom stereocenters. The number of anilines is 2. The lowest BCUT2D eigenvalue weighted by Crippen LogP contribution is -2.37. The molecule has 1 aliphatic heterocycles. The summed E-state index contributed by atoms with van der Waals surface area (Å²) >= 11 is 11.9. The average Bonchev–Trinajstić information content (AvgIpc) is 2.59. The maximum absolute atomic E-state index is 12.2. The van der Waals surface area contributed by atoms with E-state index in [2.05, 4.69) is 20.4 Å². The van der Waals surface area contributed by atoms with Gasteiger partial charge < -0.3 is 15.0 Å². The van der Waals surface area contributed by atoms with Gasteiger partial charge in [-0.25, -0.2) is 0 Å². The Labute approximate surface area is 143 Å². The Balaban J connectivity index is 1.71. The lowest BCUT2D eigenvalue weighted by molar-refractivity contribution is 0.102. The van der Waals surface area contributed by atoms with Crippen molar-refractivity contribution in [3.05, 3.63) is 46.1 Å². The lowest BCUT2D eigenvalue weighted by Gasteiger charge is -2.27. The van der Waals surface area contributed by atoms with Crippen LogP contribution in [0.25, 0.3) is 0 Å². The van der Waals surface area contributed by atoms with E-state index < -0.39 is 5.91 Å².